The monoisotopic (exact) mass is 228 g/mol. The molecule has 3 heteroatoms. The second kappa shape index (κ2) is 4.24. The number of hydrogen-bond acceptors (Lipinski definition) is 3. The zero-order valence-electron chi connectivity index (χ0n) is 9.69. The Morgan fingerprint density at radius 3 is 2.71 bits per heavy atom. The molecule has 0 amide bonds. The van der Waals surface area contributed by atoms with Crippen LogP contribution in [0.5, 0.6) is 5.75 Å². The van der Waals surface area contributed by atoms with Crippen molar-refractivity contribution in [1.29, 1.82) is 0 Å². The molecule has 0 spiro atoms. The van der Waals surface area contributed by atoms with Crippen LogP contribution >= 0.6 is 0 Å². The summed E-state index contributed by atoms with van der Waals surface area (Å²) in [6, 6.07) is 9.90. The minimum Gasteiger partial charge on any atom is -0.508 e. The molecule has 1 aromatic heterocycles. The van der Waals surface area contributed by atoms with Crippen LogP contribution in [0.3, 0.4) is 0 Å². The number of anilines is 1. The Morgan fingerprint density at radius 1 is 1.12 bits per heavy atom. The van der Waals surface area contributed by atoms with E-state index in [9.17, 15) is 5.11 Å². The number of benzene rings is 1. The highest BCUT2D eigenvalue weighted by atomic mass is 16.3. The Morgan fingerprint density at radius 2 is 1.88 bits per heavy atom. The van der Waals surface area contributed by atoms with E-state index < -0.39 is 0 Å². The van der Waals surface area contributed by atoms with Crippen molar-refractivity contribution < 1.29 is 5.11 Å². The van der Waals surface area contributed by atoms with Gasteiger partial charge in [0.25, 0.3) is 0 Å². The molecular formula is C14H16N2O. The molecule has 17 heavy (non-hydrogen) atoms. The predicted molar refractivity (Wildman–Crippen MR) is 69.3 cm³/mol. The number of rotatable bonds is 2. The zero-order valence-corrected chi connectivity index (χ0v) is 9.69. The maximum absolute atomic E-state index is 9.44. The lowest BCUT2D eigenvalue weighted by atomic mass is 10.2. The van der Waals surface area contributed by atoms with E-state index in [1.165, 1.54) is 25.7 Å². The molecule has 1 heterocycles. The molecule has 0 atom stereocenters. The first-order valence-electron chi connectivity index (χ1n) is 6.17. The summed E-state index contributed by atoms with van der Waals surface area (Å²) in [6.45, 7) is 0. The van der Waals surface area contributed by atoms with Gasteiger partial charge in [0.15, 0.2) is 0 Å². The molecule has 88 valence electrons. The first-order valence-corrected chi connectivity index (χ1v) is 6.17. The van der Waals surface area contributed by atoms with Crippen LogP contribution in [0.4, 0.5) is 5.82 Å². The van der Waals surface area contributed by atoms with E-state index in [1.807, 2.05) is 18.2 Å². The van der Waals surface area contributed by atoms with Gasteiger partial charge in [0.2, 0.25) is 0 Å². The van der Waals surface area contributed by atoms with Crippen molar-refractivity contribution in [2.24, 2.45) is 0 Å². The van der Waals surface area contributed by atoms with Crippen LogP contribution in [-0.2, 0) is 0 Å². The van der Waals surface area contributed by atoms with Crippen molar-refractivity contribution in [2.45, 2.75) is 31.7 Å². The summed E-state index contributed by atoms with van der Waals surface area (Å²) in [5, 5.41) is 14.0. The molecular weight excluding hydrogens is 212 g/mol. The van der Waals surface area contributed by atoms with E-state index in [0.717, 1.165) is 16.7 Å². The Labute approximate surface area is 100 Å². The Hall–Kier alpha value is -1.77. The van der Waals surface area contributed by atoms with Gasteiger partial charge in [0, 0.05) is 17.5 Å². The van der Waals surface area contributed by atoms with Gasteiger partial charge in [0.05, 0.1) is 5.52 Å². The van der Waals surface area contributed by atoms with Gasteiger partial charge < -0.3 is 10.4 Å². The van der Waals surface area contributed by atoms with E-state index >= 15 is 0 Å². The maximum Gasteiger partial charge on any atom is 0.126 e. The summed E-state index contributed by atoms with van der Waals surface area (Å²) in [6.07, 6.45) is 5.09. The third kappa shape index (κ3) is 2.18. The minimum atomic E-state index is 0.267. The summed E-state index contributed by atoms with van der Waals surface area (Å²) in [4.78, 5) is 4.53. The molecule has 1 saturated carbocycles. The number of aromatic nitrogens is 1. The molecule has 0 bridgehead atoms. The Bertz CT molecular complexity index is 533. The van der Waals surface area contributed by atoms with E-state index in [4.69, 9.17) is 0 Å². The number of nitrogens with one attached hydrogen (secondary N) is 1. The molecule has 0 aliphatic heterocycles. The smallest absolute Gasteiger partial charge is 0.126 e. The molecule has 1 aliphatic carbocycles. The summed E-state index contributed by atoms with van der Waals surface area (Å²) in [5.41, 5.74) is 0.841. The fourth-order valence-electron chi connectivity index (χ4n) is 2.47. The largest absolute Gasteiger partial charge is 0.508 e. The van der Waals surface area contributed by atoms with Gasteiger partial charge in [-0.05, 0) is 37.1 Å². The first-order chi connectivity index (χ1) is 8.31. The molecule has 3 nitrogen and oxygen atoms in total. The Balaban J connectivity index is 1.89. The van der Waals surface area contributed by atoms with Crippen molar-refractivity contribution >= 4 is 16.7 Å². The quantitative estimate of drug-likeness (QED) is 0.829. The maximum atomic E-state index is 9.44. The van der Waals surface area contributed by atoms with Crippen LogP contribution in [0.25, 0.3) is 10.9 Å². The van der Waals surface area contributed by atoms with Crippen molar-refractivity contribution in [2.75, 3.05) is 5.32 Å². The van der Waals surface area contributed by atoms with Crippen LogP contribution in [0, 0.1) is 0 Å². The number of phenols is 1. The normalized spacial score (nSPS) is 16.5. The minimum absolute atomic E-state index is 0.267. The van der Waals surface area contributed by atoms with Crippen molar-refractivity contribution in [3.05, 3.63) is 30.3 Å². The number of fused-ring (bicyclic) bond motifs is 1. The molecule has 1 fully saturated rings. The highest BCUT2D eigenvalue weighted by Crippen LogP contribution is 2.24. The van der Waals surface area contributed by atoms with E-state index in [-0.39, 0.29) is 5.75 Å². The van der Waals surface area contributed by atoms with Gasteiger partial charge in [-0.15, -0.1) is 0 Å². The second-order valence-electron chi connectivity index (χ2n) is 4.70. The van der Waals surface area contributed by atoms with Gasteiger partial charge >= 0.3 is 0 Å². The summed E-state index contributed by atoms with van der Waals surface area (Å²) in [7, 11) is 0. The van der Waals surface area contributed by atoms with Gasteiger partial charge in [-0.25, -0.2) is 4.98 Å². The zero-order chi connectivity index (χ0) is 11.7. The highest BCUT2D eigenvalue weighted by molar-refractivity contribution is 5.81. The topological polar surface area (TPSA) is 45.1 Å². The predicted octanol–water partition coefficient (Wildman–Crippen LogP) is 3.29. The molecule has 1 aromatic carbocycles. The van der Waals surface area contributed by atoms with Crippen molar-refractivity contribution in [1.82, 2.24) is 4.98 Å². The third-order valence-electron chi connectivity index (χ3n) is 3.38. The van der Waals surface area contributed by atoms with Crippen LogP contribution in [-0.4, -0.2) is 16.1 Å². The fourth-order valence-corrected chi connectivity index (χ4v) is 2.47. The number of pyridine rings is 1. The van der Waals surface area contributed by atoms with E-state index in [0.29, 0.717) is 6.04 Å². The molecule has 1 aliphatic rings. The molecule has 2 N–H and O–H groups in total. The van der Waals surface area contributed by atoms with Crippen LogP contribution in [0.2, 0.25) is 0 Å². The van der Waals surface area contributed by atoms with Gasteiger partial charge in [-0.3, -0.25) is 0 Å². The molecule has 0 saturated heterocycles. The summed E-state index contributed by atoms with van der Waals surface area (Å²) < 4.78 is 0. The SMILES string of the molecule is Oc1ccc2ccc(NC3CCCC3)nc2c1. The van der Waals surface area contributed by atoms with Crippen LogP contribution in [0.15, 0.2) is 30.3 Å². The lowest BCUT2D eigenvalue weighted by molar-refractivity contribution is 0.476. The molecule has 0 radical (unpaired) electrons. The lowest BCUT2D eigenvalue weighted by Gasteiger charge is -2.12. The molecule has 0 unspecified atom stereocenters. The third-order valence-corrected chi connectivity index (χ3v) is 3.38. The Kier molecular flexibility index (Phi) is 2.59. The van der Waals surface area contributed by atoms with Gasteiger partial charge in [-0.2, -0.15) is 0 Å². The van der Waals surface area contributed by atoms with Crippen molar-refractivity contribution in [3.8, 4) is 5.75 Å². The number of aromatic hydroxyl groups is 1. The number of phenolic OH excluding ortho intramolecular Hbond substituents is 1. The highest BCUT2D eigenvalue weighted by Gasteiger charge is 2.14. The summed E-state index contributed by atoms with van der Waals surface area (Å²) in [5.74, 6) is 1.18. The average molecular weight is 228 g/mol. The fraction of sp³-hybridized carbons (Fsp3) is 0.357. The van der Waals surface area contributed by atoms with E-state index in [2.05, 4.69) is 10.3 Å². The van der Waals surface area contributed by atoms with Gasteiger partial charge in [-0.1, -0.05) is 12.8 Å². The number of nitrogens with zero attached hydrogens (tertiary/aromatic N) is 1. The lowest BCUT2D eigenvalue weighted by Crippen LogP contribution is -2.15. The average Bonchev–Trinajstić information content (AvgIpc) is 2.81. The second-order valence-corrected chi connectivity index (χ2v) is 4.70. The molecule has 2 aromatic rings. The van der Waals surface area contributed by atoms with Gasteiger partial charge in [0.1, 0.15) is 11.6 Å². The van der Waals surface area contributed by atoms with E-state index in [1.54, 1.807) is 12.1 Å². The summed E-state index contributed by atoms with van der Waals surface area (Å²) >= 11 is 0. The number of hydrogen-bond donors (Lipinski definition) is 2. The standard InChI is InChI=1S/C14H16N2O/c17-12-7-5-10-6-8-14(16-13(10)9-12)15-11-3-1-2-4-11/h5-9,11,17H,1-4H2,(H,15,16). The van der Waals surface area contributed by atoms with Crippen molar-refractivity contribution in [3.63, 3.8) is 0 Å². The first kappa shape index (κ1) is 10.4. The van der Waals surface area contributed by atoms with Crippen LogP contribution in [0.1, 0.15) is 25.7 Å². The van der Waals surface area contributed by atoms with Crippen LogP contribution < -0.4 is 5.32 Å². The molecule has 3 rings (SSSR count).